The number of carbonyl (C=O) groups excluding carboxylic acids is 1. The number of benzene rings is 2. The van der Waals surface area contributed by atoms with Crippen molar-refractivity contribution in [3.8, 4) is 11.4 Å². The molecule has 0 aliphatic rings. The van der Waals surface area contributed by atoms with E-state index in [4.69, 9.17) is 0 Å². The van der Waals surface area contributed by atoms with E-state index in [0.717, 1.165) is 16.6 Å². The van der Waals surface area contributed by atoms with Crippen molar-refractivity contribution in [3.63, 3.8) is 0 Å². The van der Waals surface area contributed by atoms with Gasteiger partial charge in [0.05, 0.1) is 11.0 Å². The fourth-order valence-corrected chi connectivity index (χ4v) is 3.18. The summed E-state index contributed by atoms with van der Waals surface area (Å²) >= 11 is 0. The van der Waals surface area contributed by atoms with Crippen LogP contribution in [-0.4, -0.2) is 26.4 Å². The number of hydrogen-bond acceptors (Lipinski definition) is 3. The Bertz CT molecular complexity index is 955. The number of nitrogens with zero attached hydrogens (tertiary/aromatic N) is 2. The maximum Gasteiger partial charge on any atom is 0.326 e. The van der Waals surface area contributed by atoms with Crippen molar-refractivity contribution in [1.82, 2.24) is 9.55 Å². The van der Waals surface area contributed by atoms with Gasteiger partial charge >= 0.3 is 5.97 Å². The van der Waals surface area contributed by atoms with Crippen molar-refractivity contribution in [2.45, 2.75) is 33.2 Å². The molecule has 1 N–H and O–H groups in total. The van der Waals surface area contributed by atoms with E-state index >= 15 is 0 Å². The molecule has 1 atom stereocenters. The van der Waals surface area contributed by atoms with E-state index < -0.39 is 12.0 Å². The molecule has 1 aromatic heterocycles. The van der Waals surface area contributed by atoms with Crippen molar-refractivity contribution in [2.24, 2.45) is 5.92 Å². The maximum atomic E-state index is 12.0. The minimum atomic E-state index is -0.872. The van der Waals surface area contributed by atoms with Crippen LogP contribution in [0.15, 0.2) is 48.5 Å². The molecule has 2 aromatic carbocycles. The van der Waals surface area contributed by atoms with E-state index in [1.165, 1.54) is 6.92 Å². The molecule has 0 aliphatic heterocycles. The van der Waals surface area contributed by atoms with E-state index in [-0.39, 0.29) is 11.7 Å². The van der Waals surface area contributed by atoms with Gasteiger partial charge in [-0.3, -0.25) is 4.79 Å². The first-order valence-corrected chi connectivity index (χ1v) is 8.69. The van der Waals surface area contributed by atoms with Gasteiger partial charge in [-0.1, -0.05) is 50.2 Å². The summed E-state index contributed by atoms with van der Waals surface area (Å²) < 4.78 is 1.81. The zero-order valence-corrected chi connectivity index (χ0v) is 15.1. The van der Waals surface area contributed by atoms with Crippen LogP contribution in [-0.2, 0) is 4.79 Å². The SMILES string of the molecule is CC(=O)c1ccc(-c2nc3ccccc3n2C(CC(C)C)C(=O)O)cc1. The van der Waals surface area contributed by atoms with Gasteiger partial charge in [0.25, 0.3) is 0 Å². The Hall–Kier alpha value is -2.95. The number of para-hydroxylation sites is 2. The average Bonchev–Trinajstić information content (AvgIpc) is 2.98. The largest absolute Gasteiger partial charge is 0.480 e. The molecule has 0 saturated carbocycles. The van der Waals surface area contributed by atoms with Gasteiger partial charge in [-0.2, -0.15) is 0 Å². The number of carboxylic acid groups (broad SMARTS) is 1. The first kappa shape index (κ1) is 17.9. The highest BCUT2D eigenvalue weighted by molar-refractivity contribution is 5.94. The Labute approximate surface area is 152 Å². The number of hydrogen-bond donors (Lipinski definition) is 1. The van der Waals surface area contributed by atoms with Gasteiger partial charge < -0.3 is 9.67 Å². The third kappa shape index (κ3) is 3.38. The van der Waals surface area contributed by atoms with Gasteiger partial charge in [0.15, 0.2) is 5.78 Å². The minimum absolute atomic E-state index is 0.00623. The smallest absolute Gasteiger partial charge is 0.326 e. The summed E-state index contributed by atoms with van der Waals surface area (Å²) in [6.07, 6.45) is 0.508. The normalized spacial score (nSPS) is 12.5. The monoisotopic (exact) mass is 350 g/mol. The molecular weight excluding hydrogens is 328 g/mol. The highest BCUT2D eigenvalue weighted by Gasteiger charge is 2.26. The second-order valence-electron chi connectivity index (χ2n) is 6.91. The zero-order chi connectivity index (χ0) is 18.8. The molecule has 3 rings (SSSR count). The lowest BCUT2D eigenvalue weighted by Gasteiger charge is -2.20. The molecule has 3 aromatic rings. The van der Waals surface area contributed by atoms with Crippen LogP contribution in [0.25, 0.3) is 22.4 Å². The molecule has 0 radical (unpaired) electrons. The van der Waals surface area contributed by atoms with Crippen LogP contribution in [0.5, 0.6) is 0 Å². The van der Waals surface area contributed by atoms with Gasteiger partial charge in [-0.15, -0.1) is 0 Å². The predicted octanol–water partition coefficient (Wildman–Crippen LogP) is 4.58. The highest BCUT2D eigenvalue weighted by Crippen LogP contribution is 2.31. The molecule has 0 bridgehead atoms. The van der Waals surface area contributed by atoms with Gasteiger partial charge in [-0.25, -0.2) is 9.78 Å². The van der Waals surface area contributed by atoms with E-state index in [9.17, 15) is 14.7 Å². The Balaban J connectivity index is 2.21. The number of Topliss-reactive ketones (excluding diaryl/α,β-unsaturated/α-hetero) is 1. The zero-order valence-electron chi connectivity index (χ0n) is 15.1. The van der Waals surface area contributed by atoms with Crippen LogP contribution in [0.2, 0.25) is 0 Å². The number of rotatable bonds is 6. The van der Waals surface area contributed by atoms with Crippen molar-refractivity contribution >= 4 is 22.8 Å². The fourth-order valence-electron chi connectivity index (χ4n) is 3.18. The Morgan fingerprint density at radius 2 is 1.73 bits per heavy atom. The number of aromatic nitrogens is 2. The lowest BCUT2D eigenvalue weighted by molar-refractivity contribution is -0.141. The molecule has 26 heavy (non-hydrogen) atoms. The number of imidazole rings is 1. The predicted molar refractivity (Wildman–Crippen MR) is 101 cm³/mol. The summed E-state index contributed by atoms with van der Waals surface area (Å²) in [5.74, 6) is -0.0451. The van der Waals surface area contributed by atoms with Gasteiger partial charge in [0, 0.05) is 11.1 Å². The van der Waals surface area contributed by atoms with Crippen LogP contribution >= 0.6 is 0 Å². The van der Waals surface area contributed by atoms with Gasteiger partial charge in [-0.05, 0) is 31.4 Å². The maximum absolute atomic E-state index is 12.0. The Kier molecular flexibility index (Phi) is 4.89. The van der Waals surface area contributed by atoms with Crippen molar-refractivity contribution < 1.29 is 14.7 Å². The Morgan fingerprint density at radius 1 is 1.08 bits per heavy atom. The molecule has 0 fully saturated rings. The molecule has 5 heteroatoms. The molecule has 1 heterocycles. The number of aliphatic carboxylic acids is 1. The molecule has 5 nitrogen and oxygen atoms in total. The van der Waals surface area contributed by atoms with Crippen molar-refractivity contribution in [3.05, 3.63) is 54.1 Å². The van der Waals surface area contributed by atoms with Crippen LogP contribution in [0.3, 0.4) is 0 Å². The number of carboxylic acids is 1. The molecule has 1 unspecified atom stereocenters. The second kappa shape index (κ2) is 7.12. The van der Waals surface area contributed by atoms with Crippen molar-refractivity contribution in [2.75, 3.05) is 0 Å². The summed E-state index contributed by atoms with van der Waals surface area (Å²) in [4.78, 5) is 28.2. The summed E-state index contributed by atoms with van der Waals surface area (Å²) in [5.41, 5.74) is 2.97. The van der Waals surface area contributed by atoms with Gasteiger partial charge in [0.2, 0.25) is 0 Å². The van der Waals surface area contributed by atoms with Crippen LogP contribution in [0, 0.1) is 5.92 Å². The van der Waals surface area contributed by atoms with Crippen LogP contribution in [0.4, 0.5) is 0 Å². The Morgan fingerprint density at radius 3 is 2.31 bits per heavy atom. The van der Waals surface area contributed by atoms with Crippen molar-refractivity contribution in [1.29, 1.82) is 0 Å². The van der Waals surface area contributed by atoms with E-state index in [1.807, 2.05) is 50.2 Å². The number of fused-ring (bicyclic) bond motifs is 1. The molecular formula is C21H22N2O3. The van der Waals surface area contributed by atoms with E-state index in [1.54, 1.807) is 16.7 Å². The van der Waals surface area contributed by atoms with Crippen LogP contribution < -0.4 is 0 Å². The summed E-state index contributed by atoms with van der Waals surface area (Å²) in [6.45, 7) is 5.54. The number of carbonyl (C=O) groups is 2. The molecule has 0 saturated heterocycles. The van der Waals surface area contributed by atoms with Gasteiger partial charge in [0.1, 0.15) is 11.9 Å². The quantitative estimate of drug-likeness (QED) is 0.661. The lowest BCUT2D eigenvalue weighted by atomic mass is 10.0. The summed E-state index contributed by atoms with van der Waals surface area (Å²) in [7, 11) is 0. The lowest BCUT2D eigenvalue weighted by Crippen LogP contribution is -2.21. The highest BCUT2D eigenvalue weighted by atomic mass is 16.4. The standard InChI is InChI=1S/C21H22N2O3/c1-13(2)12-19(21(25)26)23-18-7-5-4-6-17(18)22-20(23)16-10-8-15(9-11-16)14(3)24/h4-11,13,19H,12H2,1-3H3,(H,25,26). The first-order chi connectivity index (χ1) is 12.4. The average molecular weight is 350 g/mol. The minimum Gasteiger partial charge on any atom is -0.480 e. The molecule has 0 aliphatic carbocycles. The van der Waals surface area contributed by atoms with E-state index in [0.29, 0.717) is 17.8 Å². The number of ketones is 1. The van der Waals surface area contributed by atoms with Crippen LogP contribution in [0.1, 0.15) is 43.6 Å². The fraction of sp³-hybridized carbons (Fsp3) is 0.286. The molecule has 0 amide bonds. The first-order valence-electron chi connectivity index (χ1n) is 8.69. The summed E-state index contributed by atoms with van der Waals surface area (Å²) in [5, 5.41) is 9.85. The molecule has 134 valence electrons. The second-order valence-corrected chi connectivity index (χ2v) is 6.91. The molecule has 0 spiro atoms. The topological polar surface area (TPSA) is 72.2 Å². The third-order valence-electron chi connectivity index (χ3n) is 4.44. The third-order valence-corrected chi connectivity index (χ3v) is 4.44. The summed E-state index contributed by atoms with van der Waals surface area (Å²) in [6, 6.07) is 14.0. The van der Waals surface area contributed by atoms with E-state index in [2.05, 4.69) is 4.98 Å².